The van der Waals surface area contributed by atoms with E-state index in [9.17, 15) is 5.11 Å². The van der Waals surface area contributed by atoms with Crippen LogP contribution in [-0.2, 0) is 4.74 Å². The molecule has 1 rings (SSSR count). The van der Waals surface area contributed by atoms with E-state index in [1.807, 2.05) is 20.8 Å². The molecule has 1 aromatic rings. The van der Waals surface area contributed by atoms with Gasteiger partial charge in [0.25, 0.3) is 0 Å². The zero-order valence-electron chi connectivity index (χ0n) is 12.6. The lowest BCUT2D eigenvalue weighted by Gasteiger charge is -2.21. The second-order valence-electron chi connectivity index (χ2n) is 5.07. The maximum atomic E-state index is 9.94. The largest absolute Gasteiger partial charge is 0.467 e. The average molecular weight is 283 g/mol. The molecule has 1 heterocycles. The average Bonchev–Trinajstić information content (AvgIpc) is 2.96. The Balaban J connectivity index is 2.52. The fourth-order valence-electron chi connectivity index (χ4n) is 1.45. The summed E-state index contributed by atoms with van der Waals surface area (Å²) >= 11 is 0. The summed E-state index contributed by atoms with van der Waals surface area (Å²) in [6.45, 7) is 7.52. The summed E-state index contributed by atoms with van der Waals surface area (Å²) in [5, 5.41) is 16.1. The fourth-order valence-corrected chi connectivity index (χ4v) is 1.45. The van der Waals surface area contributed by atoms with Crippen LogP contribution < -0.4 is 10.6 Å². The monoisotopic (exact) mass is 283 g/mol. The quantitative estimate of drug-likeness (QED) is 0.519. The van der Waals surface area contributed by atoms with E-state index in [0.717, 1.165) is 6.54 Å². The van der Waals surface area contributed by atoms with Gasteiger partial charge >= 0.3 is 0 Å². The highest BCUT2D eigenvalue weighted by Crippen LogP contribution is 2.11. The van der Waals surface area contributed by atoms with Crippen molar-refractivity contribution in [3.05, 3.63) is 24.2 Å². The third kappa shape index (κ3) is 5.63. The predicted molar refractivity (Wildman–Crippen MR) is 78.7 cm³/mol. The number of aliphatic imine (C=N–C) groups is 1. The molecule has 1 unspecified atom stereocenters. The molecule has 3 N–H and O–H groups in total. The number of guanidine groups is 1. The number of nitrogens with zero attached hydrogens (tertiary/aromatic N) is 1. The van der Waals surface area contributed by atoms with Gasteiger partial charge < -0.3 is 24.9 Å². The first-order valence-electron chi connectivity index (χ1n) is 6.77. The molecule has 0 saturated heterocycles. The lowest BCUT2D eigenvalue weighted by molar-refractivity contribution is 0.0310. The minimum absolute atomic E-state index is 0.317. The molecule has 0 saturated carbocycles. The number of aliphatic hydroxyl groups excluding tert-OH is 1. The Hall–Kier alpha value is -1.53. The van der Waals surface area contributed by atoms with E-state index in [1.165, 1.54) is 0 Å². The Morgan fingerprint density at radius 2 is 2.25 bits per heavy atom. The molecule has 114 valence electrons. The van der Waals surface area contributed by atoms with Gasteiger partial charge in [0, 0.05) is 13.7 Å². The van der Waals surface area contributed by atoms with Crippen molar-refractivity contribution in [3.8, 4) is 0 Å². The Bertz CT molecular complexity index is 402. The molecule has 0 radical (unpaired) electrons. The molecule has 0 amide bonds. The summed E-state index contributed by atoms with van der Waals surface area (Å²) in [5.74, 6) is 1.17. The van der Waals surface area contributed by atoms with Crippen LogP contribution in [0.5, 0.6) is 0 Å². The van der Waals surface area contributed by atoms with Gasteiger partial charge in [0.2, 0.25) is 0 Å². The van der Waals surface area contributed by atoms with Crippen LogP contribution in [-0.4, -0.2) is 43.4 Å². The lowest BCUT2D eigenvalue weighted by atomic mass is 10.1. The van der Waals surface area contributed by atoms with Gasteiger partial charge in [0.1, 0.15) is 11.9 Å². The van der Waals surface area contributed by atoms with Crippen molar-refractivity contribution in [1.29, 1.82) is 0 Å². The topological polar surface area (TPSA) is 79.0 Å². The Kier molecular flexibility index (Phi) is 6.54. The maximum absolute atomic E-state index is 9.94. The normalized spacial score (nSPS) is 14.2. The molecule has 0 aliphatic rings. The van der Waals surface area contributed by atoms with Crippen molar-refractivity contribution in [1.82, 2.24) is 10.6 Å². The summed E-state index contributed by atoms with van der Waals surface area (Å²) < 4.78 is 10.5. The standard InChI is InChI=1S/C14H25N3O3/c1-5-15-13(17-10-14(2,3)19-4)16-9-11(18)12-7-6-8-20-12/h6-8,11,18H,5,9-10H2,1-4H3,(H2,15,16,17). The molecule has 0 aliphatic heterocycles. The number of methoxy groups -OCH3 is 1. The number of rotatable bonds is 7. The molecule has 0 aromatic carbocycles. The van der Waals surface area contributed by atoms with Crippen LogP contribution in [0.2, 0.25) is 0 Å². The van der Waals surface area contributed by atoms with Gasteiger partial charge in [-0.1, -0.05) is 0 Å². The van der Waals surface area contributed by atoms with E-state index < -0.39 is 6.10 Å². The van der Waals surface area contributed by atoms with Crippen LogP contribution in [0, 0.1) is 0 Å². The van der Waals surface area contributed by atoms with Crippen molar-refractivity contribution in [2.45, 2.75) is 32.5 Å². The van der Waals surface area contributed by atoms with Gasteiger partial charge in [-0.25, -0.2) is 0 Å². The third-order valence-electron chi connectivity index (χ3n) is 2.85. The number of hydrogen-bond donors (Lipinski definition) is 3. The van der Waals surface area contributed by atoms with Crippen LogP contribution in [0.1, 0.15) is 32.6 Å². The van der Waals surface area contributed by atoms with E-state index in [4.69, 9.17) is 9.15 Å². The summed E-state index contributed by atoms with van der Waals surface area (Å²) in [6, 6.07) is 3.49. The van der Waals surface area contributed by atoms with Crippen LogP contribution in [0.4, 0.5) is 0 Å². The molecule has 6 heteroatoms. The van der Waals surface area contributed by atoms with Gasteiger partial charge in [-0.2, -0.15) is 0 Å². The molecule has 0 aliphatic carbocycles. The van der Waals surface area contributed by atoms with Crippen LogP contribution in [0.3, 0.4) is 0 Å². The lowest BCUT2D eigenvalue weighted by Crippen LogP contribution is -2.40. The van der Waals surface area contributed by atoms with Crippen LogP contribution in [0.25, 0.3) is 0 Å². The first-order valence-corrected chi connectivity index (χ1v) is 6.77. The molecule has 0 spiro atoms. The van der Waals surface area contributed by atoms with Gasteiger partial charge in [-0.05, 0) is 32.9 Å². The van der Waals surface area contributed by atoms with Gasteiger partial charge in [0.05, 0.1) is 25.0 Å². The molecule has 20 heavy (non-hydrogen) atoms. The van der Waals surface area contributed by atoms with Crippen LogP contribution >= 0.6 is 0 Å². The van der Waals surface area contributed by atoms with E-state index in [1.54, 1.807) is 25.5 Å². The van der Waals surface area contributed by atoms with Crippen molar-refractivity contribution >= 4 is 5.96 Å². The molecule has 1 aromatic heterocycles. The van der Waals surface area contributed by atoms with E-state index in [-0.39, 0.29) is 5.60 Å². The summed E-state index contributed by atoms with van der Waals surface area (Å²) in [6.07, 6.45) is 0.836. The third-order valence-corrected chi connectivity index (χ3v) is 2.85. The highest BCUT2D eigenvalue weighted by molar-refractivity contribution is 5.79. The first-order chi connectivity index (χ1) is 9.48. The minimum Gasteiger partial charge on any atom is -0.467 e. The van der Waals surface area contributed by atoms with Crippen molar-refractivity contribution in [3.63, 3.8) is 0 Å². The van der Waals surface area contributed by atoms with Crippen molar-refractivity contribution in [2.24, 2.45) is 4.99 Å². The predicted octanol–water partition coefficient (Wildman–Crippen LogP) is 1.29. The number of ether oxygens (including phenoxy) is 1. The molecular weight excluding hydrogens is 258 g/mol. The van der Waals surface area contributed by atoms with Gasteiger partial charge in [-0.15, -0.1) is 0 Å². The number of hydrogen-bond acceptors (Lipinski definition) is 4. The molecule has 0 fully saturated rings. The second-order valence-corrected chi connectivity index (χ2v) is 5.07. The first kappa shape index (κ1) is 16.5. The number of aliphatic hydroxyl groups is 1. The Morgan fingerprint density at radius 3 is 2.80 bits per heavy atom. The summed E-state index contributed by atoms with van der Waals surface area (Å²) in [7, 11) is 1.66. The molecule has 0 bridgehead atoms. The number of furan rings is 1. The zero-order valence-corrected chi connectivity index (χ0v) is 12.6. The smallest absolute Gasteiger partial charge is 0.191 e. The maximum Gasteiger partial charge on any atom is 0.191 e. The molecular formula is C14H25N3O3. The van der Waals surface area contributed by atoms with Gasteiger partial charge in [0.15, 0.2) is 5.96 Å². The van der Waals surface area contributed by atoms with Gasteiger partial charge in [-0.3, -0.25) is 4.99 Å². The van der Waals surface area contributed by atoms with Crippen molar-refractivity contribution in [2.75, 3.05) is 26.7 Å². The van der Waals surface area contributed by atoms with Crippen LogP contribution in [0.15, 0.2) is 27.8 Å². The minimum atomic E-state index is -0.704. The zero-order chi connectivity index (χ0) is 15.0. The highest BCUT2D eigenvalue weighted by Gasteiger charge is 2.16. The second kappa shape index (κ2) is 7.91. The molecule has 6 nitrogen and oxygen atoms in total. The summed E-state index contributed by atoms with van der Waals surface area (Å²) in [4.78, 5) is 4.44. The Labute approximate surface area is 120 Å². The Morgan fingerprint density at radius 1 is 1.50 bits per heavy atom. The fraction of sp³-hybridized carbons (Fsp3) is 0.643. The molecule has 1 atom stereocenters. The SMILES string of the molecule is CCNC(=NCC(C)(C)OC)NCC(O)c1ccco1. The summed E-state index contributed by atoms with van der Waals surface area (Å²) in [5.41, 5.74) is -0.317. The highest BCUT2D eigenvalue weighted by atomic mass is 16.5. The van der Waals surface area contributed by atoms with E-state index in [2.05, 4.69) is 15.6 Å². The van der Waals surface area contributed by atoms with Crippen molar-refractivity contribution < 1.29 is 14.3 Å². The number of nitrogens with one attached hydrogen (secondary N) is 2. The van der Waals surface area contributed by atoms with E-state index in [0.29, 0.717) is 24.8 Å². The van der Waals surface area contributed by atoms with E-state index >= 15 is 0 Å².